The second-order valence-corrected chi connectivity index (χ2v) is 5.76. The van der Waals surface area contributed by atoms with Crippen molar-refractivity contribution in [3.8, 4) is 0 Å². The topological polar surface area (TPSA) is 65.5 Å². The molecule has 1 aromatic rings. The minimum Gasteiger partial charge on any atom is -0.462 e. The Morgan fingerprint density at radius 2 is 1.33 bits per heavy atom. The van der Waals surface area contributed by atoms with E-state index in [1.165, 1.54) is 0 Å². The zero-order chi connectivity index (χ0) is 18.1. The zero-order valence-corrected chi connectivity index (χ0v) is 15.5. The first-order valence-electron chi connectivity index (χ1n) is 8.82. The van der Waals surface area contributed by atoms with Gasteiger partial charge in [-0.1, -0.05) is 26.2 Å². The van der Waals surface area contributed by atoms with Crippen LogP contribution in [0.5, 0.6) is 0 Å². The molecular formula is C19H29NO4. The fraction of sp³-hybridized carbons (Fsp3) is 0.632. The van der Waals surface area contributed by atoms with Crippen LogP contribution in [-0.4, -0.2) is 30.1 Å². The first-order chi connectivity index (χ1) is 11.5. The van der Waals surface area contributed by atoms with E-state index in [2.05, 4.69) is 11.9 Å². The number of nitrogens with zero attached hydrogens (tertiary/aromatic N) is 1. The molecule has 0 N–H and O–H groups in total. The predicted molar refractivity (Wildman–Crippen MR) is 93.5 cm³/mol. The van der Waals surface area contributed by atoms with Gasteiger partial charge in [0, 0.05) is 0 Å². The summed E-state index contributed by atoms with van der Waals surface area (Å²) in [6.07, 6.45) is 4.87. The lowest BCUT2D eigenvalue weighted by molar-refractivity contribution is 0.0520. The fourth-order valence-electron chi connectivity index (χ4n) is 2.85. The van der Waals surface area contributed by atoms with Gasteiger partial charge in [0.1, 0.15) is 0 Å². The van der Waals surface area contributed by atoms with Crippen molar-refractivity contribution >= 4 is 11.9 Å². The molecule has 0 radical (unpaired) electrons. The quantitative estimate of drug-likeness (QED) is 0.500. The Bertz CT molecular complexity index is 539. The van der Waals surface area contributed by atoms with Crippen molar-refractivity contribution in [2.45, 2.75) is 66.7 Å². The third kappa shape index (κ3) is 5.05. The molecule has 24 heavy (non-hydrogen) atoms. The van der Waals surface area contributed by atoms with Gasteiger partial charge in [0.15, 0.2) is 0 Å². The van der Waals surface area contributed by atoms with Crippen LogP contribution in [0.4, 0.5) is 0 Å². The van der Waals surface area contributed by atoms with E-state index < -0.39 is 11.9 Å². The van der Waals surface area contributed by atoms with Crippen LogP contribution in [0, 0.1) is 13.8 Å². The lowest BCUT2D eigenvalue weighted by atomic mass is 9.93. The summed E-state index contributed by atoms with van der Waals surface area (Å²) in [5.74, 6) is -0.836. The van der Waals surface area contributed by atoms with Crippen molar-refractivity contribution in [3.63, 3.8) is 0 Å². The molecule has 0 saturated carbocycles. The summed E-state index contributed by atoms with van der Waals surface area (Å²) >= 11 is 0. The molecule has 134 valence electrons. The van der Waals surface area contributed by atoms with Gasteiger partial charge in [0.25, 0.3) is 0 Å². The maximum absolute atomic E-state index is 12.4. The molecule has 1 aromatic heterocycles. The van der Waals surface area contributed by atoms with Crippen molar-refractivity contribution in [2.24, 2.45) is 0 Å². The van der Waals surface area contributed by atoms with Gasteiger partial charge in [-0.05, 0) is 46.1 Å². The first-order valence-corrected chi connectivity index (χ1v) is 8.82. The Labute approximate surface area is 144 Å². The number of carbonyl (C=O) groups excluding carboxylic acids is 2. The van der Waals surface area contributed by atoms with Crippen LogP contribution in [0.2, 0.25) is 0 Å². The van der Waals surface area contributed by atoms with Crippen molar-refractivity contribution in [3.05, 3.63) is 28.1 Å². The van der Waals surface area contributed by atoms with Gasteiger partial charge in [0.2, 0.25) is 0 Å². The molecule has 0 aliphatic heterocycles. The maximum Gasteiger partial charge on any atom is 0.340 e. The molecule has 0 amide bonds. The average Bonchev–Trinajstić information content (AvgIpc) is 2.51. The van der Waals surface area contributed by atoms with Crippen LogP contribution in [0.25, 0.3) is 0 Å². The normalized spacial score (nSPS) is 10.5. The molecule has 0 atom stereocenters. The second-order valence-electron chi connectivity index (χ2n) is 5.76. The van der Waals surface area contributed by atoms with Crippen LogP contribution < -0.4 is 0 Å². The Hall–Kier alpha value is -1.91. The van der Waals surface area contributed by atoms with E-state index in [1.54, 1.807) is 27.7 Å². The molecule has 5 nitrogen and oxygen atoms in total. The first kappa shape index (κ1) is 20.1. The molecule has 0 saturated heterocycles. The van der Waals surface area contributed by atoms with Gasteiger partial charge in [0.05, 0.1) is 35.7 Å². The van der Waals surface area contributed by atoms with Gasteiger partial charge in [-0.15, -0.1) is 0 Å². The molecule has 0 bridgehead atoms. The van der Waals surface area contributed by atoms with Crippen molar-refractivity contribution in [1.82, 2.24) is 4.98 Å². The summed E-state index contributed by atoms with van der Waals surface area (Å²) in [5.41, 5.74) is 2.76. The Morgan fingerprint density at radius 3 is 1.75 bits per heavy atom. The summed E-state index contributed by atoms with van der Waals surface area (Å²) in [4.78, 5) is 29.2. The molecule has 1 rings (SSSR count). The highest BCUT2D eigenvalue weighted by molar-refractivity contribution is 5.99. The number of esters is 2. The number of pyridine rings is 1. The van der Waals surface area contributed by atoms with Crippen LogP contribution in [0.3, 0.4) is 0 Å². The van der Waals surface area contributed by atoms with Crippen molar-refractivity contribution in [1.29, 1.82) is 0 Å². The van der Waals surface area contributed by atoms with Gasteiger partial charge < -0.3 is 9.47 Å². The number of aromatic nitrogens is 1. The number of rotatable bonds is 9. The summed E-state index contributed by atoms with van der Waals surface area (Å²) in [6.45, 7) is 9.82. The van der Waals surface area contributed by atoms with Gasteiger partial charge in [-0.25, -0.2) is 9.59 Å². The van der Waals surface area contributed by atoms with E-state index in [1.807, 2.05) is 0 Å². The van der Waals surface area contributed by atoms with E-state index in [0.29, 0.717) is 34.5 Å². The SMILES string of the molecule is CCCCCCc1c(C(=O)OCC)c(C)nc(C)c1C(=O)OCC. The summed E-state index contributed by atoms with van der Waals surface area (Å²) in [7, 11) is 0. The summed E-state index contributed by atoms with van der Waals surface area (Å²) in [6, 6.07) is 0. The number of hydrogen-bond donors (Lipinski definition) is 0. The summed E-state index contributed by atoms with van der Waals surface area (Å²) < 4.78 is 10.4. The minimum absolute atomic E-state index is 0.288. The van der Waals surface area contributed by atoms with Gasteiger partial charge in [-0.2, -0.15) is 0 Å². The van der Waals surface area contributed by atoms with Crippen LogP contribution in [-0.2, 0) is 15.9 Å². The van der Waals surface area contributed by atoms with E-state index in [0.717, 1.165) is 25.7 Å². The lowest BCUT2D eigenvalue weighted by Gasteiger charge is -2.17. The molecule has 0 aliphatic carbocycles. The molecule has 1 heterocycles. The molecule has 0 fully saturated rings. The molecule has 0 spiro atoms. The molecule has 0 unspecified atom stereocenters. The lowest BCUT2D eigenvalue weighted by Crippen LogP contribution is -2.19. The van der Waals surface area contributed by atoms with E-state index >= 15 is 0 Å². The molecule has 0 aliphatic rings. The van der Waals surface area contributed by atoms with Gasteiger partial charge in [-0.3, -0.25) is 4.98 Å². The number of aryl methyl sites for hydroxylation is 2. The monoisotopic (exact) mass is 335 g/mol. The third-order valence-corrected chi connectivity index (χ3v) is 3.90. The fourth-order valence-corrected chi connectivity index (χ4v) is 2.85. The summed E-state index contributed by atoms with van der Waals surface area (Å²) in [5, 5.41) is 0. The zero-order valence-electron chi connectivity index (χ0n) is 15.5. The second kappa shape index (κ2) is 10.1. The Morgan fingerprint density at radius 1 is 0.833 bits per heavy atom. The number of ether oxygens (including phenoxy) is 2. The van der Waals surface area contributed by atoms with Gasteiger partial charge >= 0.3 is 11.9 Å². The highest BCUT2D eigenvalue weighted by atomic mass is 16.5. The average molecular weight is 335 g/mol. The number of carbonyl (C=O) groups is 2. The Kier molecular flexibility index (Phi) is 8.44. The minimum atomic E-state index is -0.418. The smallest absolute Gasteiger partial charge is 0.340 e. The van der Waals surface area contributed by atoms with Crippen LogP contribution >= 0.6 is 0 Å². The standard InChI is InChI=1S/C19H29NO4/c1-6-9-10-11-12-15-16(18(21)23-7-2)13(4)20-14(5)17(15)19(22)24-8-3/h6-12H2,1-5H3. The molecular weight excluding hydrogens is 306 g/mol. The third-order valence-electron chi connectivity index (χ3n) is 3.90. The highest BCUT2D eigenvalue weighted by Crippen LogP contribution is 2.25. The Balaban J connectivity index is 3.35. The molecule has 5 heteroatoms. The van der Waals surface area contributed by atoms with E-state index in [4.69, 9.17) is 9.47 Å². The van der Waals surface area contributed by atoms with E-state index in [-0.39, 0.29) is 13.2 Å². The van der Waals surface area contributed by atoms with Crippen molar-refractivity contribution in [2.75, 3.05) is 13.2 Å². The predicted octanol–water partition coefficient (Wildman–Crippen LogP) is 4.17. The van der Waals surface area contributed by atoms with Crippen molar-refractivity contribution < 1.29 is 19.1 Å². The number of unbranched alkanes of at least 4 members (excludes halogenated alkanes) is 3. The maximum atomic E-state index is 12.4. The number of hydrogen-bond acceptors (Lipinski definition) is 5. The van der Waals surface area contributed by atoms with Crippen LogP contribution in [0.15, 0.2) is 0 Å². The van der Waals surface area contributed by atoms with Crippen LogP contribution in [0.1, 0.15) is 84.1 Å². The molecule has 0 aromatic carbocycles. The highest BCUT2D eigenvalue weighted by Gasteiger charge is 2.26. The van der Waals surface area contributed by atoms with E-state index in [9.17, 15) is 9.59 Å². The largest absolute Gasteiger partial charge is 0.462 e.